The summed E-state index contributed by atoms with van der Waals surface area (Å²) in [5.74, 6) is 0. The second kappa shape index (κ2) is 5.33. The van der Waals surface area contributed by atoms with E-state index in [0.717, 1.165) is 11.7 Å². The van der Waals surface area contributed by atoms with Crippen LogP contribution in [-0.2, 0) is 0 Å². The predicted octanol–water partition coefficient (Wildman–Crippen LogP) is -0.206. The number of rotatable bonds is 0. The molecule has 3 rings (SSSR count). The summed E-state index contributed by atoms with van der Waals surface area (Å²) in [7, 11) is 0. The zero-order valence-electron chi connectivity index (χ0n) is 10.4. The second-order valence-corrected chi connectivity index (χ2v) is 5.45. The summed E-state index contributed by atoms with van der Waals surface area (Å²) in [4.78, 5) is 6.43. The van der Waals surface area contributed by atoms with Crippen molar-refractivity contribution in [1.82, 2.24) is 16.7 Å². The number of nitriles is 2. The van der Waals surface area contributed by atoms with Crippen LogP contribution in [0.15, 0.2) is 0 Å². The summed E-state index contributed by atoms with van der Waals surface area (Å²) in [5.41, 5.74) is 0.994. The van der Waals surface area contributed by atoms with Gasteiger partial charge in [-0.15, -0.1) is 0 Å². The van der Waals surface area contributed by atoms with Gasteiger partial charge in [0.1, 0.15) is 0 Å². The standard InChI is InChI=1S/C12N8SSe/c1-15-5(3-13)7-9-10(18-21-17-9)8(6(4-14)16-2)12-11(7)19-22-20-12/b7-5+,8-6+. The molecule has 0 amide bonds. The van der Waals surface area contributed by atoms with Gasteiger partial charge >= 0.3 is 133 Å². The van der Waals surface area contributed by atoms with E-state index in [1.54, 1.807) is 0 Å². The first-order valence-electron chi connectivity index (χ1n) is 5.47. The van der Waals surface area contributed by atoms with Crippen LogP contribution in [-0.4, -0.2) is 31.7 Å². The quantitative estimate of drug-likeness (QED) is 0.402. The van der Waals surface area contributed by atoms with Gasteiger partial charge in [-0.05, 0) is 0 Å². The van der Waals surface area contributed by atoms with E-state index < -0.39 is 15.0 Å². The molecule has 0 N–H and O–H groups in total. The van der Waals surface area contributed by atoms with Crippen LogP contribution in [0.3, 0.4) is 0 Å². The topological polar surface area (TPSA) is 108 Å². The van der Waals surface area contributed by atoms with Crippen molar-refractivity contribution >= 4 is 60.2 Å². The maximum absolute atomic E-state index is 9.16. The Hall–Kier alpha value is -3.14. The minimum absolute atomic E-state index is 0.154. The summed E-state index contributed by atoms with van der Waals surface area (Å²) >= 11 is 0.421. The van der Waals surface area contributed by atoms with Crippen molar-refractivity contribution < 1.29 is 0 Å². The van der Waals surface area contributed by atoms with Gasteiger partial charge in [0, 0.05) is 0 Å². The fourth-order valence-corrected chi connectivity index (χ4v) is 3.71. The summed E-state index contributed by atoms with van der Waals surface area (Å²) in [5, 5.41) is 18.9. The van der Waals surface area contributed by atoms with Crippen LogP contribution in [0.1, 0.15) is 0 Å². The number of hydrogen-bond acceptors (Lipinski definition) is 7. The summed E-state index contributed by atoms with van der Waals surface area (Å²) in [6, 6.07) is 3.66. The molecule has 0 saturated carbocycles. The molecule has 0 aliphatic carbocycles. The number of aromatic nitrogens is 4. The van der Waals surface area contributed by atoms with Crippen LogP contribution < -0.4 is 10.4 Å². The predicted molar refractivity (Wildman–Crippen MR) is 77.9 cm³/mol. The Kier molecular flexibility index (Phi) is 3.35. The monoisotopic (exact) mass is 368 g/mol. The van der Waals surface area contributed by atoms with Gasteiger partial charge < -0.3 is 0 Å². The zero-order chi connectivity index (χ0) is 15.7. The van der Waals surface area contributed by atoms with Gasteiger partial charge in [0.05, 0.1) is 0 Å². The minimum atomic E-state index is -0.459. The van der Waals surface area contributed by atoms with Gasteiger partial charge in [0.2, 0.25) is 0 Å². The number of benzene rings is 1. The molecule has 0 unspecified atom stereocenters. The zero-order valence-corrected chi connectivity index (χ0v) is 12.9. The van der Waals surface area contributed by atoms with E-state index in [1.807, 2.05) is 12.1 Å². The van der Waals surface area contributed by atoms with Gasteiger partial charge in [0.15, 0.2) is 0 Å². The number of hydrogen-bond donors (Lipinski definition) is 0. The van der Waals surface area contributed by atoms with Crippen LogP contribution in [0.25, 0.3) is 43.2 Å². The van der Waals surface area contributed by atoms with Gasteiger partial charge in [-0.25, -0.2) is 0 Å². The van der Waals surface area contributed by atoms with E-state index in [4.69, 9.17) is 23.7 Å². The molecule has 10 heteroatoms. The van der Waals surface area contributed by atoms with Crippen molar-refractivity contribution in [3.8, 4) is 12.1 Å². The first-order chi connectivity index (χ1) is 10.8. The van der Waals surface area contributed by atoms with Crippen LogP contribution >= 0.6 is 11.7 Å². The van der Waals surface area contributed by atoms with Crippen LogP contribution in [0, 0.1) is 35.8 Å². The van der Waals surface area contributed by atoms with Crippen molar-refractivity contribution in [2.24, 2.45) is 0 Å². The van der Waals surface area contributed by atoms with Crippen LogP contribution in [0.5, 0.6) is 0 Å². The number of nitrogens with zero attached hydrogens (tertiary/aromatic N) is 8. The summed E-state index contributed by atoms with van der Waals surface area (Å²) < 4.78 is 16.7. The van der Waals surface area contributed by atoms with Crippen molar-refractivity contribution in [3.05, 3.63) is 33.3 Å². The molecule has 0 aliphatic rings. The first-order valence-corrected chi connectivity index (χ1v) is 7.73. The molecule has 0 fully saturated rings. The molecule has 22 heavy (non-hydrogen) atoms. The Labute approximate surface area is 133 Å². The van der Waals surface area contributed by atoms with E-state index in [1.165, 1.54) is 0 Å². The molecule has 0 atom stereocenters. The molecule has 0 radical (unpaired) electrons. The molecule has 0 spiro atoms. The van der Waals surface area contributed by atoms with Crippen molar-refractivity contribution in [1.29, 1.82) is 10.5 Å². The third kappa shape index (κ3) is 1.78. The molecule has 3 aromatic rings. The summed E-state index contributed by atoms with van der Waals surface area (Å²) in [6.45, 7) is 14.3. The Morgan fingerprint density at radius 1 is 0.909 bits per heavy atom. The van der Waals surface area contributed by atoms with Gasteiger partial charge in [-0.1, -0.05) is 0 Å². The molecule has 8 nitrogen and oxygen atoms in total. The Morgan fingerprint density at radius 2 is 1.36 bits per heavy atom. The molecule has 2 heterocycles. The van der Waals surface area contributed by atoms with Gasteiger partial charge in [-0.2, -0.15) is 0 Å². The number of fused-ring (bicyclic) bond motifs is 2. The first kappa shape index (κ1) is 13.8. The average molecular weight is 367 g/mol. The van der Waals surface area contributed by atoms with Gasteiger partial charge in [-0.3, -0.25) is 0 Å². The average Bonchev–Trinajstić information content (AvgIpc) is 3.19. The van der Waals surface area contributed by atoms with E-state index in [-0.39, 0.29) is 21.8 Å². The molecule has 100 valence electrons. The SMILES string of the molecule is [C-]#[N+]/C(C#N)=c1\c2nsnc2/c(=C(/C#N)[N+]#[C-])c2n[se]nc12. The fraction of sp³-hybridized carbons (Fsp3) is 0. The van der Waals surface area contributed by atoms with E-state index in [2.05, 4.69) is 26.4 Å². The molecule has 2 aromatic heterocycles. The molecule has 0 bridgehead atoms. The Balaban J connectivity index is 2.89. The molecule has 0 saturated heterocycles. The summed E-state index contributed by atoms with van der Waals surface area (Å²) in [6.07, 6.45) is 0. The van der Waals surface area contributed by atoms with E-state index in [9.17, 15) is 0 Å². The van der Waals surface area contributed by atoms with Crippen LogP contribution in [0.2, 0.25) is 0 Å². The van der Waals surface area contributed by atoms with E-state index in [0.29, 0.717) is 22.1 Å². The van der Waals surface area contributed by atoms with Gasteiger partial charge in [0.25, 0.3) is 0 Å². The molecule has 1 aromatic carbocycles. The second-order valence-electron chi connectivity index (χ2n) is 3.82. The normalized spacial score (nSPS) is 12.9. The Bertz CT molecular complexity index is 1040. The van der Waals surface area contributed by atoms with Crippen molar-refractivity contribution in [2.45, 2.75) is 0 Å². The fourth-order valence-electron chi connectivity index (χ4n) is 1.98. The third-order valence-corrected chi connectivity index (χ3v) is 4.47. The van der Waals surface area contributed by atoms with Crippen molar-refractivity contribution in [2.75, 3.05) is 0 Å². The molecule has 0 aliphatic heterocycles. The molecular formula is C12N8SSe. The Morgan fingerprint density at radius 3 is 1.73 bits per heavy atom. The maximum atomic E-state index is 9.16. The van der Waals surface area contributed by atoms with Crippen LogP contribution in [0.4, 0.5) is 0 Å². The molecular weight excluding hydrogens is 367 g/mol. The third-order valence-electron chi connectivity index (χ3n) is 2.83. The van der Waals surface area contributed by atoms with E-state index >= 15 is 0 Å². The van der Waals surface area contributed by atoms with Crippen molar-refractivity contribution in [3.63, 3.8) is 0 Å².